The number of amides is 1. The number of hydrogen-bond acceptors (Lipinski definition) is 10. The summed E-state index contributed by atoms with van der Waals surface area (Å²) in [6.07, 6.45) is 60.5. The molecule has 450 valence electrons. The number of nitrogens with one attached hydrogen (secondary N) is 1. The van der Waals surface area contributed by atoms with E-state index >= 15 is 0 Å². The highest BCUT2D eigenvalue weighted by molar-refractivity contribution is 5.80. The van der Waals surface area contributed by atoms with Gasteiger partial charge in [0.1, 0.15) is 24.4 Å². The Kier molecular flexibility index (Phi) is 50.8. The maximum absolute atomic E-state index is 13.4. The highest BCUT2D eigenvalue weighted by atomic mass is 16.7. The summed E-state index contributed by atoms with van der Waals surface area (Å²) in [5.74, 6) is -1.21. The molecule has 1 fully saturated rings. The van der Waals surface area contributed by atoms with E-state index in [4.69, 9.17) is 14.2 Å². The van der Waals surface area contributed by atoms with E-state index in [9.17, 15) is 35.1 Å². The van der Waals surface area contributed by atoms with Crippen molar-refractivity contribution >= 4 is 11.9 Å². The zero-order valence-electron chi connectivity index (χ0n) is 49.8. The quantitative estimate of drug-likeness (QED) is 0.0149. The number of allylic oxidation sites excluding steroid dienone is 13. The zero-order chi connectivity index (χ0) is 56.8. The third kappa shape index (κ3) is 41.8. The molecule has 11 heteroatoms. The average Bonchev–Trinajstić information content (AvgIpc) is 3.45. The van der Waals surface area contributed by atoms with Gasteiger partial charge in [-0.1, -0.05) is 260 Å². The molecule has 0 aliphatic carbocycles. The van der Waals surface area contributed by atoms with Crippen LogP contribution in [0.5, 0.6) is 0 Å². The number of ether oxygens (including phenoxy) is 3. The van der Waals surface area contributed by atoms with Crippen LogP contribution in [0.1, 0.15) is 265 Å². The van der Waals surface area contributed by atoms with Crippen LogP contribution in [0.25, 0.3) is 0 Å². The fraction of sp³-hybridized carbons (Fsp3) is 0.761. The maximum Gasteiger partial charge on any atom is 0.306 e. The van der Waals surface area contributed by atoms with E-state index in [1.165, 1.54) is 116 Å². The van der Waals surface area contributed by atoms with E-state index in [0.717, 1.165) is 103 Å². The lowest BCUT2D eigenvalue weighted by Crippen LogP contribution is -2.61. The second-order valence-corrected chi connectivity index (χ2v) is 21.8. The van der Waals surface area contributed by atoms with Gasteiger partial charge >= 0.3 is 5.97 Å². The van der Waals surface area contributed by atoms with Crippen molar-refractivity contribution < 1.29 is 49.3 Å². The van der Waals surface area contributed by atoms with Gasteiger partial charge < -0.3 is 45.1 Å². The average molecular weight is 1100 g/mol. The largest absolute Gasteiger partial charge is 0.454 e. The highest BCUT2D eigenvalue weighted by Crippen LogP contribution is 2.26. The third-order valence-electron chi connectivity index (χ3n) is 14.6. The van der Waals surface area contributed by atoms with Gasteiger partial charge in [0.15, 0.2) is 12.4 Å². The Bertz CT molecular complexity index is 1590. The summed E-state index contributed by atoms with van der Waals surface area (Å²) < 4.78 is 17.6. The predicted molar refractivity (Wildman–Crippen MR) is 324 cm³/mol. The Morgan fingerprint density at radius 1 is 0.526 bits per heavy atom. The van der Waals surface area contributed by atoms with Gasteiger partial charge in [0.05, 0.1) is 25.4 Å². The molecule has 8 unspecified atom stereocenters. The van der Waals surface area contributed by atoms with Gasteiger partial charge in [-0.25, -0.2) is 0 Å². The van der Waals surface area contributed by atoms with Crippen molar-refractivity contribution in [1.82, 2.24) is 5.32 Å². The van der Waals surface area contributed by atoms with E-state index in [0.29, 0.717) is 12.8 Å². The first kappa shape index (κ1) is 72.9. The first-order chi connectivity index (χ1) is 38.2. The SMILES string of the molecule is CC/C=C/C=C/C=C/CCCCCCCCC(O)C(=O)NC(COC1OC(CO)C(O)C(O)C1OC(=O)CCCCCCCCCCCC/C=C\C/C=C\C/C=C\CCCCC)C(O)/C=C/CCCCCCCCCCCC. The van der Waals surface area contributed by atoms with Gasteiger partial charge in [-0.2, -0.15) is 0 Å². The molecule has 0 spiro atoms. The number of carbonyl (C=O) groups excluding carboxylic acids is 2. The summed E-state index contributed by atoms with van der Waals surface area (Å²) in [4.78, 5) is 26.6. The normalized spacial score (nSPS) is 19.5. The van der Waals surface area contributed by atoms with E-state index in [2.05, 4.69) is 86.8 Å². The first-order valence-electron chi connectivity index (χ1n) is 31.9. The number of aliphatic hydroxyl groups excluding tert-OH is 5. The molecule has 1 saturated heterocycles. The van der Waals surface area contributed by atoms with Gasteiger partial charge in [-0.05, 0) is 83.5 Å². The maximum atomic E-state index is 13.4. The number of aliphatic hydroxyl groups is 5. The van der Waals surface area contributed by atoms with Crippen molar-refractivity contribution in [2.24, 2.45) is 0 Å². The smallest absolute Gasteiger partial charge is 0.306 e. The summed E-state index contributed by atoms with van der Waals surface area (Å²) in [5.41, 5.74) is 0. The van der Waals surface area contributed by atoms with E-state index < -0.39 is 67.4 Å². The summed E-state index contributed by atoms with van der Waals surface area (Å²) in [6, 6.07) is -1.03. The van der Waals surface area contributed by atoms with Crippen molar-refractivity contribution in [1.29, 1.82) is 0 Å². The van der Waals surface area contributed by atoms with E-state index in [1.54, 1.807) is 6.08 Å². The number of unbranched alkanes of at least 4 members (excludes halogenated alkanes) is 29. The standard InChI is InChI=1S/C67H117NO10/c1-4-7-10-13-16-19-22-25-27-28-29-30-31-32-33-34-35-37-40-43-46-49-52-55-62(72)78-65-64(74)63(73)61(56-69)77-67(65)76-57-58(59(70)53-50-47-44-41-38-24-21-18-15-12-9-6-3)68-66(75)60(71)54-51-48-45-42-39-36-26-23-20-17-14-11-8-5-2/h8,11,14,16-17,19-20,23,25,27,29-30,50,53,58-61,63-65,67,69-71,73-74H,4-7,9-10,12-13,15,18,21-22,24,26,28,31-49,51-52,54-57H2,1-3H3,(H,68,75)/b11-8+,17-14+,19-16-,23-20+,27-25-,30-29-,53-50+. The monoisotopic (exact) mass is 1100 g/mol. The van der Waals surface area contributed by atoms with Crippen molar-refractivity contribution in [3.05, 3.63) is 85.1 Å². The molecule has 78 heavy (non-hydrogen) atoms. The highest BCUT2D eigenvalue weighted by Gasteiger charge is 2.47. The number of esters is 1. The second kappa shape index (κ2) is 54.4. The van der Waals surface area contributed by atoms with Crippen LogP contribution >= 0.6 is 0 Å². The summed E-state index contributed by atoms with van der Waals surface area (Å²) in [5, 5.41) is 57.0. The fourth-order valence-electron chi connectivity index (χ4n) is 9.54. The first-order valence-corrected chi connectivity index (χ1v) is 31.9. The molecular formula is C67H117NO10. The van der Waals surface area contributed by atoms with E-state index in [1.807, 2.05) is 18.2 Å². The minimum absolute atomic E-state index is 0.114. The molecule has 1 aliphatic heterocycles. The minimum Gasteiger partial charge on any atom is -0.454 e. The molecule has 8 atom stereocenters. The predicted octanol–water partition coefficient (Wildman–Crippen LogP) is 15.3. The van der Waals surface area contributed by atoms with Gasteiger partial charge in [0, 0.05) is 6.42 Å². The number of rotatable bonds is 53. The molecule has 0 aromatic heterocycles. The summed E-state index contributed by atoms with van der Waals surface area (Å²) in [7, 11) is 0. The van der Waals surface area contributed by atoms with Crippen molar-refractivity contribution in [2.45, 2.75) is 314 Å². The molecule has 0 aromatic carbocycles. The lowest BCUT2D eigenvalue weighted by atomic mass is 9.99. The summed E-state index contributed by atoms with van der Waals surface area (Å²) in [6.45, 7) is 5.62. The lowest BCUT2D eigenvalue weighted by Gasteiger charge is -2.41. The Morgan fingerprint density at radius 3 is 1.51 bits per heavy atom. The molecule has 1 amide bonds. The Balaban J connectivity index is 2.63. The minimum atomic E-state index is -1.62. The molecule has 1 aliphatic rings. The van der Waals surface area contributed by atoms with Crippen LogP contribution in [0.4, 0.5) is 0 Å². The zero-order valence-corrected chi connectivity index (χ0v) is 49.8. The number of carbonyl (C=O) groups is 2. The molecular weight excluding hydrogens is 979 g/mol. The van der Waals surface area contributed by atoms with Crippen LogP contribution in [0.15, 0.2) is 85.1 Å². The van der Waals surface area contributed by atoms with Crippen LogP contribution in [0.3, 0.4) is 0 Å². The molecule has 11 nitrogen and oxygen atoms in total. The lowest BCUT2D eigenvalue weighted by molar-refractivity contribution is -0.305. The number of hydrogen-bond donors (Lipinski definition) is 6. The van der Waals surface area contributed by atoms with Crippen molar-refractivity contribution in [3.63, 3.8) is 0 Å². The van der Waals surface area contributed by atoms with Crippen molar-refractivity contribution in [2.75, 3.05) is 13.2 Å². The molecule has 0 saturated carbocycles. The molecule has 0 bridgehead atoms. The third-order valence-corrected chi connectivity index (χ3v) is 14.6. The van der Waals surface area contributed by atoms with Crippen molar-refractivity contribution in [3.8, 4) is 0 Å². The topological polar surface area (TPSA) is 175 Å². The molecule has 1 heterocycles. The molecule has 6 N–H and O–H groups in total. The van der Waals surface area contributed by atoms with Crippen LogP contribution in [-0.4, -0.2) is 99.6 Å². The van der Waals surface area contributed by atoms with Gasteiger partial charge in [0.25, 0.3) is 0 Å². The Hall–Kier alpha value is -3.16. The van der Waals surface area contributed by atoms with Crippen LogP contribution < -0.4 is 5.32 Å². The van der Waals surface area contributed by atoms with Crippen LogP contribution in [-0.2, 0) is 23.8 Å². The Morgan fingerprint density at radius 2 is 0.974 bits per heavy atom. The van der Waals surface area contributed by atoms with Gasteiger partial charge in [-0.15, -0.1) is 0 Å². The molecule has 0 radical (unpaired) electrons. The second-order valence-electron chi connectivity index (χ2n) is 21.8. The fourth-order valence-corrected chi connectivity index (χ4v) is 9.54. The molecule has 0 aromatic rings. The van der Waals surface area contributed by atoms with Crippen LogP contribution in [0.2, 0.25) is 0 Å². The van der Waals surface area contributed by atoms with Gasteiger partial charge in [-0.3, -0.25) is 9.59 Å². The van der Waals surface area contributed by atoms with Crippen LogP contribution in [0, 0.1) is 0 Å². The van der Waals surface area contributed by atoms with E-state index in [-0.39, 0.29) is 19.4 Å². The van der Waals surface area contributed by atoms with Gasteiger partial charge in [0.2, 0.25) is 5.91 Å². The Labute approximate surface area is 476 Å². The summed E-state index contributed by atoms with van der Waals surface area (Å²) >= 11 is 0. The molecule has 1 rings (SSSR count).